The van der Waals surface area contributed by atoms with Gasteiger partial charge in [-0.3, -0.25) is 9.78 Å². The largest absolute Gasteiger partial charge is 0.389 e. The molecule has 0 aliphatic carbocycles. The lowest BCUT2D eigenvalue weighted by Crippen LogP contribution is -2.41. The minimum atomic E-state index is -0.900. The molecular weight excluding hydrogens is 276 g/mol. The Bertz CT molecular complexity index is 682. The first-order valence-corrected chi connectivity index (χ1v) is 7.44. The van der Waals surface area contributed by atoms with Gasteiger partial charge in [-0.1, -0.05) is 18.2 Å². The summed E-state index contributed by atoms with van der Waals surface area (Å²) < 4.78 is 0. The highest BCUT2D eigenvalue weighted by molar-refractivity contribution is 5.95. The van der Waals surface area contributed by atoms with Crippen molar-refractivity contribution in [1.29, 1.82) is 0 Å². The maximum Gasteiger partial charge on any atom is 0.246 e. The number of hydrogen-bond acceptors (Lipinski definition) is 3. The molecule has 0 fully saturated rings. The van der Waals surface area contributed by atoms with Gasteiger partial charge in [0.25, 0.3) is 0 Å². The minimum Gasteiger partial charge on any atom is -0.389 e. The summed E-state index contributed by atoms with van der Waals surface area (Å²) in [5.41, 5.74) is 0.960. The Morgan fingerprint density at radius 1 is 1.32 bits per heavy atom. The quantitative estimate of drug-likeness (QED) is 0.864. The molecule has 0 aliphatic rings. The van der Waals surface area contributed by atoms with Crippen LogP contribution in [0.5, 0.6) is 0 Å². The number of benzene rings is 1. The van der Waals surface area contributed by atoms with Gasteiger partial charge in [0.1, 0.15) is 0 Å². The molecule has 0 aliphatic heterocycles. The van der Waals surface area contributed by atoms with Crippen LogP contribution in [0.1, 0.15) is 26.3 Å². The molecule has 1 aromatic heterocycles. The lowest BCUT2D eigenvalue weighted by molar-refractivity contribution is -0.128. The molecule has 4 nitrogen and oxygen atoms in total. The van der Waals surface area contributed by atoms with Gasteiger partial charge in [0.15, 0.2) is 0 Å². The van der Waals surface area contributed by atoms with Gasteiger partial charge in [0.2, 0.25) is 5.91 Å². The fourth-order valence-electron chi connectivity index (χ4n) is 2.34. The molecule has 0 atom stereocenters. The van der Waals surface area contributed by atoms with Gasteiger partial charge < -0.3 is 10.0 Å². The molecule has 2 aromatic rings. The van der Waals surface area contributed by atoms with Crippen LogP contribution in [0.4, 0.5) is 0 Å². The van der Waals surface area contributed by atoms with Gasteiger partial charge in [0.05, 0.1) is 11.1 Å². The van der Waals surface area contributed by atoms with E-state index < -0.39 is 5.60 Å². The zero-order chi connectivity index (χ0) is 16.2. The first-order chi connectivity index (χ1) is 10.4. The van der Waals surface area contributed by atoms with E-state index in [1.807, 2.05) is 37.3 Å². The SMILES string of the molecule is CCN(CC(C)(C)O)C(=O)C=Cc1ccnc2ccccc12. The van der Waals surface area contributed by atoms with Crippen molar-refractivity contribution in [2.45, 2.75) is 26.4 Å². The average molecular weight is 298 g/mol. The van der Waals surface area contributed by atoms with E-state index in [4.69, 9.17) is 0 Å². The molecule has 116 valence electrons. The molecule has 1 N–H and O–H groups in total. The molecule has 0 radical (unpaired) electrons. The maximum absolute atomic E-state index is 12.3. The van der Waals surface area contributed by atoms with Crippen molar-refractivity contribution in [3.8, 4) is 0 Å². The second kappa shape index (κ2) is 6.71. The number of aromatic nitrogens is 1. The van der Waals surface area contributed by atoms with Gasteiger partial charge in [-0.15, -0.1) is 0 Å². The molecule has 0 bridgehead atoms. The van der Waals surface area contributed by atoms with Crippen molar-refractivity contribution in [3.05, 3.63) is 48.2 Å². The number of para-hydroxylation sites is 1. The number of carbonyl (C=O) groups excluding carboxylic acids is 1. The zero-order valence-electron chi connectivity index (χ0n) is 13.3. The molecule has 4 heteroatoms. The summed E-state index contributed by atoms with van der Waals surface area (Å²) in [5, 5.41) is 10.9. The Labute approximate surface area is 131 Å². The summed E-state index contributed by atoms with van der Waals surface area (Å²) >= 11 is 0. The monoisotopic (exact) mass is 298 g/mol. The summed E-state index contributed by atoms with van der Waals surface area (Å²) in [6.45, 7) is 6.17. The van der Waals surface area contributed by atoms with Crippen LogP contribution in [0.15, 0.2) is 42.6 Å². The Morgan fingerprint density at radius 2 is 2.05 bits per heavy atom. The standard InChI is InChI=1S/C18H22N2O2/c1-4-20(13-18(2,3)22)17(21)10-9-14-11-12-19-16-8-6-5-7-15(14)16/h5-12,22H,4,13H2,1-3H3. The first-order valence-electron chi connectivity index (χ1n) is 7.44. The first kappa shape index (κ1) is 16.2. The highest BCUT2D eigenvalue weighted by Gasteiger charge is 2.19. The molecule has 0 spiro atoms. The van der Waals surface area contributed by atoms with Crippen molar-refractivity contribution >= 4 is 22.9 Å². The third-order valence-corrected chi connectivity index (χ3v) is 3.36. The maximum atomic E-state index is 12.3. The summed E-state index contributed by atoms with van der Waals surface area (Å²) in [6, 6.07) is 9.71. The van der Waals surface area contributed by atoms with Crippen molar-refractivity contribution in [1.82, 2.24) is 9.88 Å². The lowest BCUT2D eigenvalue weighted by Gasteiger charge is -2.27. The number of rotatable bonds is 5. The Kier molecular flexibility index (Phi) is 4.93. The Hall–Kier alpha value is -2.20. The topological polar surface area (TPSA) is 53.4 Å². The van der Waals surface area contributed by atoms with E-state index in [2.05, 4.69) is 4.98 Å². The van der Waals surface area contributed by atoms with Gasteiger partial charge >= 0.3 is 0 Å². The Morgan fingerprint density at radius 3 is 2.73 bits per heavy atom. The van der Waals surface area contributed by atoms with Crippen molar-refractivity contribution in [3.63, 3.8) is 0 Å². The normalized spacial score (nSPS) is 12.0. The fourth-order valence-corrected chi connectivity index (χ4v) is 2.34. The van der Waals surface area contributed by atoms with Crippen LogP contribution in [0.3, 0.4) is 0 Å². The highest BCUT2D eigenvalue weighted by atomic mass is 16.3. The predicted octanol–water partition coefficient (Wildman–Crippen LogP) is 2.87. The van der Waals surface area contributed by atoms with Crippen LogP contribution in [-0.4, -0.2) is 39.6 Å². The van der Waals surface area contributed by atoms with E-state index >= 15 is 0 Å². The lowest BCUT2D eigenvalue weighted by atomic mass is 10.1. The molecule has 22 heavy (non-hydrogen) atoms. The molecular formula is C18H22N2O2. The summed E-state index contributed by atoms with van der Waals surface area (Å²) in [7, 11) is 0. The summed E-state index contributed by atoms with van der Waals surface area (Å²) in [4.78, 5) is 18.2. The van der Waals surface area contributed by atoms with E-state index in [1.165, 1.54) is 0 Å². The van der Waals surface area contributed by atoms with Crippen LogP contribution < -0.4 is 0 Å². The van der Waals surface area contributed by atoms with Gasteiger partial charge in [-0.25, -0.2) is 0 Å². The third-order valence-electron chi connectivity index (χ3n) is 3.36. The van der Waals surface area contributed by atoms with Crippen LogP contribution in [0.25, 0.3) is 17.0 Å². The molecule has 2 rings (SSSR count). The molecule has 0 saturated heterocycles. The number of carbonyl (C=O) groups is 1. The van der Waals surface area contributed by atoms with Crippen LogP contribution in [0.2, 0.25) is 0 Å². The van der Waals surface area contributed by atoms with Gasteiger partial charge in [-0.2, -0.15) is 0 Å². The molecule has 1 aromatic carbocycles. The van der Waals surface area contributed by atoms with Crippen LogP contribution in [0, 0.1) is 0 Å². The molecule has 0 unspecified atom stereocenters. The number of nitrogens with zero attached hydrogens (tertiary/aromatic N) is 2. The molecule has 1 heterocycles. The van der Waals surface area contributed by atoms with Crippen LogP contribution in [-0.2, 0) is 4.79 Å². The second-order valence-electron chi connectivity index (χ2n) is 5.92. The average Bonchev–Trinajstić information content (AvgIpc) is 2.49. The van der Waals surface area contributed by atoms with E-state index in [0.717, 1.165) is 16.5 Å². The number of likely N-dealkylation sites (N-methyl/N-ethyl adjacent to an activating group) is 1. The van der Waals surface area contributed by atoms with Crippen molar-refractivity contribution < 1.29 is 9.90 Å². The number of amides is 1. The number of pyridine rings is 1. The van der Waals surface area contributed by atoms with Crippen molar-refractivity contribution in [2.75, 3.05) is 13.1 Å². The van der Waals surface area contributed by atoms with E-state index in [1.54, 1.807) is 37.1 Å². The number of aliphatic hydroxyl groups is 1. The smallest absolute Gasteiger partial charge is 0.246 e. The third kappa shape index (κ3) is 4.15. The fraction of sp³-hybridized carbons (Fsp3) is 0.333. The highest BCUT2D eigenvalue weighted by Crippen LogP contribution is 2.17. The number of fused-ring (bicyclic) bond motifs is 1. The molecule has 0 saturated carbocycles. The van der Waals surface area contributed by atoms with Crippen molar-refractivity contribution in [2.24, 2.45) is 0 Å². The van der Waals surface area contributed by atoms with E-state index in [9.17, 15) is 9.90 Å². The summed E-state index contributed by atoms with van der Waals surface area (Å²) in [5.74, 6) is -0.106. The molecule has 1 amide bonds. The van der Waals surface area contributed by atoms with Gasteiger partial charge in [0, 0.05) is 30.7 Å². The predicted molar refractivity (Wildman–Crippen MR) is 89.3 cm³/mol. The van der Waals surface area contributed by atoms with E-state index in [0.29, 0.717) is 13.1 Å². The zero-order valence-corrected chi connectivity index (χ0v) is 13.3. The summed E-state index contributed by atoms with van der Waals surface area (Å²) in [6.07, 6.45) is 5.09. The minimum absolute atomic E-state index is 0.106. The van der Waals surface area contributed by atoms with Crippen LogP contribution >= 0.6 is 0 Å². The number of hydrogen-bond donors (Lipinski definition) is 1. The van der Waals surface area contributed by atoms with E-state index in [-0.39, 0.29) is 5.91 Å². The Balaban J connectivity index is 2.21. The van der Waals surface area contributed by atoms with Gasteiger partial charge in [-0.05, 0) is 44.5 Å². The second-order valence-corrected chi connectivity index (χ2v) is 5.92.